The van der Waals surface area contributed by atoms with Crippen molar-refractivity contribution >= 4 is 52.5 Å². The van der Waals surface area contributed by atoms with E-state index in [9.17, 15) is 24.0 Å². The number of benzene rings is 3. The van der Waals surface area contributed by atoms with E-state index in [4.69, 9.17) is 0 Å². The lowest BCUT2D eigenvalue weighted by atomic mass is 9.95. The molecule has 3 atom stereocenters. The molecule has 3 unspecified atom stereocenters. The van der Waals surface area contributed by atoms with Gasteiger partial charge in [0.2, 0.25) is 17.8 Å². The molecule has 0 saturated carbocycles. The summed E-state index contributed by atoms with van der Waals surface area (Å²) in [6.07, 6.45) is 9.86. The second kappa shape index (κ2) is 17.4. The normalized spacial score (nSPS) is 21.5. The molecule has 0 radical (unpaired) electrons. The minimum atomic E-state index is -0.970. The Kier molecular flexibility index (Phi) is 11.2. The van der Waals surface area contributed by atoms with E-state index in [1.807, 2.05) is 79.7 Å². The molecule has 3 N–H and O–H groups in total. The molecule has 5 aliphatic heterocycles. The van der Waals surface area contributed by atoms with Gasteiger partial charge in [-0.1, -0.05) is 18.2 Å². The van der Waals surface area contributed by atoms with Crippen LogP contribution in [0.2, 0.25) is 0 Å². The van der Waals surface area contributed by atoms with Crippen LogP contribution < -0.4 is 20.9 Å². The molecule has 7 heterocycles. The van der Waals surface area contributed by atoms with Crippen molar-refractivity contribution in [2.45, 2.75) is 70.1 Å². The summed E-state index contributed by atoms with van der Waals surface area (Å²) < 4.78 is 0. The van der Waals surface area contributed by atoms with Crippen LogP contribution in [-0.4, -0.2) is 110 Å². The highest BCUT2D eigenvalue weighted by Crippen LogP contribution is 2.38. The second-order valence-corrected chi connectivity index (χ2v) is 17.7. The van der Waals surface area contributed by atoms with Crippen LogP contribution in [0.1, 0.15) is 80.7 Å². The van der Waals surface area contributed by atoms with Crippen molar-refractivity contribution in [3.8, 4) is 11.3 Å². The van der Waals surface area contributed by atoms with Gasteiger partial charge in [0.15, 0.2) is 0 Å². The number of imide groups is 2. The average molecular weight is 859 g/mol. The van der Waals surface area contributed by atoms with Crippen molar-refractivity contribution < 1.29 is 24.0 Å². The Bertz CT molecular complexity index is 2620. The van der Waals surface area contributed by atoms with Gasteiger partial charge in [0.1, 0.15) is 6.04 Å². The number of pyridine rings is 1. The molecule has 3 aromatic carbocycles. The number of nitrogens with zero attached hydrogens (tertiary/aromatic N) is 7. The Hall–Kier alpha value is -6.84. The van der Waals surface area contributed by atoms with Crippen LogP contribution in [0.3, 0.4) is 0 Å². The number of piperidine rings is 2. The molecule has 64 heavy (non-hydrogen) atoms. The average Bonchev–Trinajstić information content (AvgIpc) is 3.72. The summed E-state index contributed by atoms with van der Waals surface area (Å²) >= 11 is 0. The van der Waals surface area contributed by atoms with Gasteiger partial charge >= 0.3 is 0 Å². The summed E-state index contributed by atoms with van der Waals surface area (Å²) in [5.74, 6) is -1.02. The summed E-state index contributed by atoms with van der Waals surface area (Å²) in [5, 5.41) is 8.61. The molecule has 5 amide bonds. The van der Waals surface area contributed by atoms with Crippen LogP contribution in [0.15, 0.2) is 97.5 Å². The first-order valence-electron chi connectivity index (χ1n) is 22.2. The van der Waals surface area contributed by atoms with Gasteiger partial charge in [-0.3, -0.25) is 49.0 Å². The number of piperazine rings is 1. The van der Waals surface area contributed by atoms with E-state index in [2.05, 4.69) is 45.6 Å². The number of likely N-dealkylation sites (tertiary alicyclic amines) is 2. The van der Waals surface area contributed by atoms with E-state index < -0.39 is 23.8 Å². The zero-order chi connectivity index (χ0) is 43.9. The van der Waals surface area contributed by atoms with Crippen LogP contribution in [0.25, 0.3) is 11.3 Å². The van der Waals surface area contributed by atoms with E-state index in [1.165, 1.54) is 5.56 Å². The van der Waals surface area contributed by atoms with Crippen LogP contribution in [0.5, 0.6) is 0 Å². The molecule has 4 saturated heterocycles. The molecule has 10 rings (SSSR count). The highest BCUT2D eigenvalue weighted by Gasteiger charge is 2.46. The van der Waals surface area contributed by atoms with Crippen LogP contribution in [-0.2, 0) is 16.1 Å². The molecule has 2 bridgehead atoms. The fraction of sp³-hybridized carbons (Fsp3) is 0.347. The summed E-state index contributed by atoms with van der Waals surface area (Å²) in [6, 6.07) is 24.5. The molecule has 4 fully saturated rings. The van der Waals surface area contributed by atoms with Crippen LogP contribution in [0, 0.1) is 12.8 Å². The number of fused-ring (bicyclic) bond motifs is 3. The first-order valence-corrected chi connectivity index (χ1v) is 22.2. The Balaban J connectivity index is 0.690. The monoisotopic (exact) mass is 858 g/mol. The van der Waals surface area contributed by atoms with Crippen molar-refractivity contribution in [1.29, 1.82) is 0 Å². The summed E-state index contributed by atoms with van der Waals surface area (Å²) in [7, 11) is 0. The largest absolute Gasteiger partial charge is 0.363 e. The maximum atomic E-state index is 13.5. The smallest absolute Gasteiger partial charge is 0.262 e. The van der Waals surface area contributed by atoms with Crippen molar-refractivity contribution in [3.63, 3.8) is 0 Å². The zero-order valence-corrected chi connectivity index (χ0v) is 35.7. The van der Waals surface area contributed by atoms with Gasteiger partial charge < -0.3 is 15.5 Å². The first kappa shape index (κ1) is 41.2. The number of carbonyl (C=O) groups is 5. The van der Waals surface area contributed by atoms with Gasteiger partial charge in [-0.15, -0.1) is 0 Å². The standard InChI is InChI=1S/C49H50N10O5/c1-30-4-9-35(23-42(30)54-49-51-20-16-41(53-49)34-3-2-19-50-25-34)52-45(61)33-7-5-31(6-8-33)26-56-21-17-32(18-22-56)27-57-28-37-10-11-38(29-57)58(37)36-12-13-39-40(24-36)48(64)59(47(39)63)43-14-15-44(60)55-46(43)62/h2-9,12-13,16,19-20,23-25,32,37-38,43H,10-11,14-15,17-18,21-22,26-29H2,1H3,(H,52,61)(H,51,53,54)(H,55,60,62). The first-order chi connectivity index (χ1) is 31.1. The van der Waals surface area contributed by atoms with E-state index >= 15 is 0 Å². The Morgan fingerprint density at radius 1 is 0.812 bits per heavy atom. The highest BCUT2D eigenvalue weighted by atomic mass is 16.2. The SMILES string of the molecule is Cc1ccc(NC(=O)c2ccc(CN3CCC(CN4CC5CCC(C4)N5c4ccc5c(c4)C(=O)N(C4CCC(=O)NC4=O)C5=O)CC3)cc2)cc1Nc1nccc(-c2cccnc2)n1. The molecular weight excluding hydrogens is 809 g/mol. The van der Waals surface area contributed by atoms with Crippen molar-refractivity contribution in [3.05, 3.63) is 125 Å². The maximum Gasteiger partial charge on any atom is 0.262 e. The molecule has 5 aromatic rings. The highest BCUT2D eigenvalue weighted by molar-refractivity contribution is 6.23. The van der Waals surface area contributed by atoms with E-state index in [0.717, 1.165) is 98.0 Å². The molecular formula is C49H50N10O5. The van der Waals surface area contributed by atoms with Gasteiger partial charge in [-0.05, 0) is 130 Å². The fourth-order valence-corrected chi connectivity index (χ4v) is 10.1. The number of aryl methyl sites for hydroxylation is 1. The number of anilines is 4. The summed E-state index contributed by atoms with van der Waals surface area (Å²) in [6.45, 7) is 7.88. The number of amides is 5. The van der Waals surface area contributed by atoms with E-state index in [0.29, 0.717) is 46.3 Å². The second-order valence-electron chi connectivity index (χ2n) is 17.7. The number of hydrogen-bond acceptors (Lipinski definition) is 12. The lowest BCUT2D eigenvalue weighted by molar-refractivity contribution is -0.136. The Morgan fingerprint density at radius 3 is 2.34 bits per heavy atom. The van der Waals surface area contributed by atoms with Gasteiger partial charge in [-0.25, -0.2) is 9.97 Å². The molecule has 326 valence electrons. The molecule has 0 aliphatic carbocycles. The Morgan fingerprint density at radius 2 is 1.59 bits per heavy atom. The predicted molar refractivity (Wildman–Crippen MR) is 241 cm³/mol. The fourth-order valence-electron chi connectivity index (χ4n) is 10.1. The number of carbonyl (C=O) groups excluding carboxylic acids is 5. The third-order valence-electron chi connectivity index (χ3n) is 13.5. The molecule has 2 aromatic heterocycles. The van der Waals surface area contributed by atoms with E-state index in [1.54, 1.807) is 24.7 Å². The number of nitrogens with one attached hydrogen (secondary N) is 3. The minimum Gasteiger partial charge on any atom is -0.363 e. The third kappa shape index (κ3) is 8.36. The summed E-state index contributed by atoms with van der Waals surface area (Å²) in [4.78, 5) is 86.2. The van der Waals surface area contributed by atoms with Gasteiger partial charge in [0.25, 0.3) is 17.7 Å². The number of hydrogen-bond donors (Lipinski definition) is 3. The van der Waals surface area contributed by atoms with Gasteiger partial charge in [-0.2, -0.15) is 0 Å². The van der Waals surface area contributed by atoms with Crippen LogP contribution in [0.4, 0.5) is 23.0 Å². The molecule has 15 nitrogen and oxygen atoms in total. The molecule has 5 aliphatic rings. The van der Waals surface area contributed by atoms with Gasteiger partial charge in [0, 0.05) is 91.5 Å². The quantitative estimate of drug-likeness (QED) is 0.136. The molecule has 0 spiro atoms. The topological polar surface area (TPSA) is 173 Å². The molecule has 15 heteroatoms. The number of rotatable bonds is 11. The van der Waals surface area contributed by atoms with Crippen molar-refractivity contribution in [1.82, 2.24) is 35.0 Å². The van der Waals surface area contributed by atoms with Crippen molar-refractivity contribution in [2.75, 3.05) is 48.3 Å². The zero-order valence-electron chi connectivity index (χ0n) is 35.7. The summed E-state index contributed by atoms with van der Waals surface area (Å²) in [5.41, 5.74) is 7.48. The van der Waals surface area contributed by atoms with Crippen molar-refractivity contribution in [2.24, 2.45) is 5.92 Å². The maximum absolute atomic E-state index is 13.5. The number of aromatic nitrogens is 3. The minimum absolute atomic E-state index is 0.0969. The predicted octanol–water partition coefficient (Wildman–Crippen LogP) is 5.81. The van der Waals surface area contributed by atoms with Crippen LogP contribution >= 0.6 is 0 Å². The third-order valence-corrected chi connectivity index (χ3v) is 13.5. The Labute approximate surface area is 371 Å². The van der Waals surface area contributed by atoms with E-state index in [-0.39, 0.29) is 24.7 Å². The lowest BCUT2D eigenvalue weighted by Crippen LogP contribution is -2.55. The lowest BCUT2D eigenvalue weighted by Gasteiger charge is -2.44. The van der Waals surface area contributed by atoms with Gasteiger partial charge in [0.05, 0.1) is 16.8 Å².